The second-order valence-corrected chi connectivity index (χ2v) is 12.7. The van der Waals surface area contributed by atoms with Crippen LogP contribution in [-0.2, 0) is 24.1 Å². The fourth-order valence-corrected chi connectivity index (χ4v) is 7.15. The summed E-state index contributed by atoms with van der Waals surface area (Å²) in [6.45, 7) is 14.3. The first-order chi connectivity index (χ1) is 17.1. The maximum atomic E-state index is 13.0. The zero-order valence-corrected chi connectivity index (χ0v) is 23.1. The summed E-state index contributed by atoms with van der Waals surface area (Å²) in [5.74, 6) is 1.39. The zero-order chi connectivity index (χ0) is 25.6. The largest absolute Gasteiger partial charge is 0.368 e. The minimum Gasteiger partial charge on any atom is -0.368 e. The molecule has 5 rings (SSSR count). The molecule has 1 saturated heterocycles. The summed E-state index contributed by atoms with van der Waals surface area (Å²) >= 11 is 1.68. The van der Waals surface area contributed by atoms with Crippen LogP contribution in [0.3, 0.4) is 0 Å². The van der Waals surface area contributed by atoms with Crippen LogP contribution in [0.25, 0.3) is 10.2 Å². The van der Waals surface area contributed by atoms with Crippen molar-refractivity contribution < 1.29 is 4.79 Å². The molecule has 1 amide bonds. The van der Waals surface area contributed by atoms with E-state index in [2.05, 4.69) is 62.7 Å². The second kappa shape index (κ2) is 9.66. The molecule has 1 N–H and O–H groups in total. The van der Waals surface area contributed by atoms with Gasteiger partial charge in [-0.25, -0.2) is 4.98 Å². The molecule has 1 aliphatic heterocycles. The number of hydrogen-bond acceptors (Lipinski definition) is 5. The summed E-state index contributed by atoms with van der Waals surface area (Å²) in [6.07, 6.45) is 3.94. The second-order valence-electron chi connectivity index (χ2n) is 11.7. The maximum Gasteiger partial charge on any atom is 0.259 e. The number of hydrogen-bond donors (Lipinski definition) is 1. The summed E-state index contributed by atoms with van der Waals surface area (Å²) in [5.41, 5.74) is 5.24. The quantitative estimate of drug-likeness (QED) is 0.539. The molecule has 2 aliphatic rings. The molecule has 3 heterocycles. The Morgan fingerprint density at radius 3 is 2.61 bits per heavy atom. The van der Waals surface area contributed by atoms with Gasteiger partial charge in [-0.1, -0.05) is 38.5 Å². The Balaban J connectivity index is 1.22. The number of fused-ring (bicyclic) bond motifs is 3. The van der Waals surface area contributed by atoms with E-state index in [0.717, 1.165) is 55.7 Å². The topological polar surface area (TPSA) is 69.3 Å². The number of carbonyl (C=O) groups is 1. The molecule has 1 aliphatic carbocycles. The Morgan fingerprint density at radius 2 is 1.92 bits per heavy atom. The van der Waals surface area contributed by atoms with Crippen molar-refractivity contribution in [2.24, 2.45) is 11.3 Å². The first-order valence-corrected chi connectivity index (χ1v) is 14.0. The van der Waals surface area contributed by atoms with Crippen molar-refractivity contribution in [2.75, 3.05) is 31.1 Å². The molecular weight excluding hydrogens is 468 g/mol. The Kier molecular flexibility index (Phi) is 6.70. The number of aryl methyl sites for hydroxylation is 4. The highest BCUT2D eigenvalue weighted by atomic mass is 32.1. The number of piperazine rings is 1. The molecule has 0 spiro atoms. The van der Waals surface area contributed by atoms with E-state index in [0.29, 0.717) is 24.6 Å². The molecule has 1 unspecified atom stereocenters. The van der Waals surface area contributed by atoms with Crippen LogP contribution >= 0.6 is 11.3 Å². The number of aromatic amines is 1. The highest BCUT2D eigenvalue weighted by molar-refractivity contribution is 7.18. The normalized spacial score (nSPS) is 18.5. The van der Waals surface area contributed by atoms with Crippen molar-refractivity contribution in [3.05, 3.63) is 55.9 Å². The van der Waals surface area contributed by atoms with Crippen LogP contribution in [0.2, 0.25) is 0 Å². The van der Waals surface area contributed by atoms with Gasteiger partial charge in [0.2, 0.25) is 5.91 Å². The van der Waals surface area contributed by atoms with Gasteiger partial charge in [-0.2, -0.15) is 0 Å². The Morgan fingerprint density at radius 1 is 1.17 bits per heavy atom. The first kappa shape index (κ1) is 25.0. The molecule has 0 radical (unpaired) electrons. The van der Waals surface area contributed by atoms with Crippen LogP contribution in [0.15, 0.2) is 23.0 Å². The number of amides is 1. The molecule has 1 fully saturated rings. The third-order valence-corrected chi connectivity index (χ3v) is 9.24. The SMILES string of the molecule is Cc1ccc(N2CCN(C(=O)CCc3nc4sc5c(c4c(=O)[nH]3)CCC(C(C)(C)C)C5)CC2)c(C)c1. The molecule has 0 bridgehead atoms. The monoisotopic (exact) mass is 506 g/mol. The van der Waals surface area contributed by atoms with Crippen LogP contribution in [-0.4, -0.2) is 47.0 Å². The molecule has 3 aromatic rings. The van der Waals surface area contributed by atoms with Gasteiger partial charge in [-0.15, -0.1) is 11.3 Å². The van der Waals surface area contributed by atoms with Crippen LogP contribution < -0.4 is 10.5 Å². The molecule has 0 saturated carbocycles. The average Bonchev–Trinajstić information content (AvgIpc) is 3.20. The first-order valence-electron chi connectivity index (χ1n) is 13.2. The minimum absolute atomic E-state index is 0.0451. The standard InChI is InChI=1S/C29H38N4O2S/c1-18-6-9-22(19(2)16-18)32-12-14-33(15-13-32)25(34)11-10-24-30-27(35)26-21-8-7-20(29(3,4)5)17-23(21)36-28(26)31-24/h6,9,16,20H,7-8,10-15,17H2,1-5H3,(H,30,31,35). The Hall–Kier alpha value is -2.67. The number of nitrogens with one attached hydrogen (secondary N) is 1. The summed E-state index contributed by atoms with van der Waals surface area (Å²) in [6, 6.07) is 6.55. The molecule has 192 valence electrons. The average molecular weight is 507 g/mol. The zero-order valence-electron chi connectivity index (χ0n) is 22.2. The van der Waals surface area contributed by atoms with E-state index >= 15 is 0 Å². The summed E-state index contributed by atoms with van der Waals surface area (Å²) in [5, 5.41) is 0.778. The van der Waals surface area contributed by atoms with Crippen LogP contribution in [0.5, 0.6) is 0 Å². The maximum absolute atomic E-state index is 13.0. The lowest BCUT2D eigenvalue weighted by Crippen LogP contribution is -2.49. The van der Waals surface area contributed by atoms with E-state index in [9.17, 15) is 9.59 Å². The van der Waals surface area contributed by atoms with Crippen molar-refractivity contribution in [1.82, 2.24) is 14.9 Å². The van der Waals surface area contributed by atoms with Gasteiger partial charge >= 0.3 is 0 Å². The van der Waals surface area contributed by atoms with Gasteiger partial charge in [0.1, 0.15) is 10.7 Å². The number of nitrogens with zero attached hydrogens (tertiary/aromatic N) is 3. The predicted molar refractivity (Wildman–Crippen MR) is 148 cm³/mol. The third kappa shape index (κ3) is 4.95. The van der Waals surface area contributed by atoms with Crippen LogP contribution in [0.1, 0.15) is 61.0 Å². The minimum atomic E-state index is -0.0451. The molecule has 1 aromatic carbocycles. The number of anilines is 1. The Bertz CT molecular complexity index is 1340. The lowest BCUT2D eigenvalue weighted by molar-refractivity contribution is -0.131. The van der Waals surface area contributed by atoms with Gasteiger partial charge in [0, 0.05) is 49.6 Å². The third-order valence-electron chi connectivity index (χ3n) is 8.09. The van der Waals surface area contributed by atoms with Crippen molar-refractivity contribution in [3.63, 3.8) is 0 Å². The molecule has 2 aromatic heterocycles. The van der Waals surface area contributed by atoms with E-state index in [1.54, 1.807) is 11.3 Å². The molecular formula is C29H38N4O2S. The lowest BCUT2D eigenvalue weighted by Gasteiger charge is -2.37. The van der Waals surface area contributed by atoms with Gasteiger partial charge in [-0.05, 0) is 61.6 Å². The number of carbonyl (C=O) groups excluding carboxylic acids is 1. The van der Waals surface area contributed by atoms with E-state index in [-0.39, 0.29) is 16.9 Å². The fourth-order valence-electron chi connectivity index (χ4n) is 5.83. The highest BCUT2D eigenvalue weighted by Crippen LogP contribution is 2.42. The number of rotatable bonds is 4. The van der Waals surface area contributed by atoms with Gasteiger partial charge in [-0.3, -0.25) is 9.59 Å². The number of aromatic nitrogens is 2. The number of H-pyrrole nitrogens is 1. The molecule has 1 atom stereocenters. The Labute approximate surface area is 217 Å². The summed E-state index contributed by atoms with van der Waals surface area (Å²) in [7, 11) is 0. The van der Waals surface area contributed by atoms with Crippen LogP contribution in [0.4, 0.5) is 5.69 Å². The van der Waals surface area contributed by atoms with Gasteiger partial charge in [0.15, 0.2) is 0 Å². The van der Waals surface area contributed by atoms with E-state index in [1.807, 2.05) is 4.90 Å². The van der Waals surface area contributed by atoms with Gasteiger partial charge < -0.3 is 14.8 Å². The van der Waals surface area contributed by atoms with E-state index in [1.165, 1.54) is 27.3 Å². The van der Waals surface area contributed by atoms with Gasteiger partial charge in [0.05, 0.1) is 5.39 Å². The predicted octanol–water partition coefficient (Wildman–Crippen LogP) is 5.03. The van der Waals surface area contributed by atoms with E-state index < -0.39 is 0 Å². The molecule has 6 nitrogen and oxygen atoms in total. The van der Waals surface area contributed by atoms with Crippen molar-refractivity contribution in [1.29, 1.82) is 0 Å². The summed E-state index contributed by atoms with van der Waals surface area (Å²) < 4.78 is 0. The highest BCUT2D eigenvalue weighted by Gasteiger charge is 2.31. The lowest BCUT2D eigenvalue weighted by atomic mass is 9.72. The number of benzene rings is 1. The van der Waals surface area contributed by atoms with Crippen molar-refractivity contribution >= 4 is 33.1 Å². The van der Waals surface area contributed by atoms with Gasteiger partial charge in [0.25, 0.3) is 5.56 Å². The van der Waals surface area contributed by atoms with Crippen LogP contribution in [0, 0.1) is 25.2 Å². The number of thiophene rings is 1. The molecule has 7 heteroatoms. The smallest absolute Gasteiger partial charge is 0.259 e. The molecule has 36 heavy (non-hydrogen) atoms. The fraction of sp³-hybridized carbons (Fsp3) is 0.552. The summed E-state index contributed by atoms with van der Waals surface area (Å²) in [4.78, 5) is 40.2. The van der Waals surface area contributed by atoms with E-state index in [4.69, 9.17) is 4.98 Å². The van der Waals surface area contributed by atoms with Crippen molar-refractivity contribution in [3.8, 4) is 0 Å². The van der Waals surface area contributed by atoms with Crippen molar-refractivity contribution in [2.45, 2.75) is 66.7 Å².